The van der Waals surface area contributed by atoms with Gasteiger partial charge in [-0.05, 0) is 39.5 Å². The van der Waals surface area contributed by atoms with Crippen molar-refractivity contribution in [3.8, 4) is 0 Å². The van der Waals surface area contributed by atoms with Gasteiger partial charge >= 0.3 is 6.03 Å². The number of aromatic nitrogens is 1. The zero-order chi connectivity index (χ0) is 14.5. The first-order valence-electron chi connectivity index (χ1n) is 7.20. The van der Waals surface area contributed by atoms with Gasteiger partial charge in [0.25, 0.3) is 0 Å². The maximum Gasteiger partial charge on any atom is 0.317 e. The first kappa shape index (κ1) is 14.8. The predicted molar refractivity (Wildman–Crippen MR) is 74.5 cm³/mol. The van der Waals surface area contributed by atoms with Crippen LogP contribution in [0, 0.1) is 13.8 Å². The van der Waals surface area contributed by atoms with Crippen LogP contribution in [0.2, 0.25) is 0 Å². The molecule has 1 saturated carbocycles. The normalized spacial score (nSPS) is 14.3. The van der Waals surface area contributed by atoms with E-state index in [-0.39, 0.29) is 12.6 Å². The van der Waals surface area contributed by atoms with Crippen molar-refractivity contribution in [1.29, 1.82) is 0 Å². The lowest BCUT2D eigenvalue weighted by molar-refractivity contribution is 0.173. The molecule has 0 bridgehead atoms. The van der Waals surface area contributed by atoms with Crippen molar-refractivity contribution in [2.45, 2.75) is 45.6 Å². The fraction of sp³-hybridized carbons (Fsp3) is 0.714. The molecule has 6 heteroatoms. The Balaban J connectivity index is 1.71. The zero-order valence-electron chi connectivity index (χ0n) is 12.2. The Morgan fingerprint density at radius 1 is 1.50 bits per heavy atom. The van der Waals surface area contributed by atoms with Crippen molar-refractivity contribution in [1.82, 2.24) is 15.4 Å². The minimum absolute atomic E-state index is 0.0169. The summed E-state index contributed by atoms with van der Waals surface area (Å²) >= 11 is 0. The van der Waals surface area contributed by atoms with Gasteiger partial charge < -0.3 is 19.8 Å². The topological polar surface area (TPSA) is 78.6 Å². The smallest absolute Gasteiger partial charge is 0.317 e. The van der Waals surface area contributed by atoms with Gasteiger partial charge in [-0.15, -0.1) is 0 Å². The monoisotopic (exact) mass is 281 g/mol. The highest BCUT2D eigenvalue weighted by atomic mass is 16.5. The first-order chi connectivity index (χ1) is 9.63. The van der Waals surface area contributed by atoms with E-state index in [2.05, 4.69) is 10.5 Å². The van der Waals surface area contributed by atoms with Gasteiger partial charge in [0.05, 0.1) is 12.3 Å². The number of nitrogens with one attached hydrogen (secondary N) is 1. The molecule has 112 valence electrons. The summed E-state index contributed by atoms with van der Waals surface area (Å²) in [6, 6.07) is 0.255. The van der Waals surface area contributed by atoms with E-state index in [9.17, 15) is 4.79 Å². The number of nitrogens with zero attached hydrogens (tertiary/aromatic N) is 2. The molecule has 0 aromatic carbocycles. The average Bonchev–Trinajstić information content (AvgIpc) is 3.21. The second-order valence-electron chi connectivity index (χ2n) is 5.29. The highest BCUT2D eigenvalue weighted by molar-refractivity contribution is 5.74. The van der Waals surface area contributed by atoms with E-state index in [0.29, 0.717) is 19.1 Å². The number of amides is 2. The average molecular weight is 281 g/mol. The van der Waals surface area contributed by atoms with Gasteiger partial charge in [0.15, 0.2) is 0 Å². The number of rotatable bonds is 7. The van der Waals surface area contributed by atoms with Crippen molar-refractivity contribution in [3.63, 3.8) is 0 Å². The third-order valence-electron chi connectivity index (χ3n) is 3.65. The molecule has 2 N–H and O–H groups in total. The molecule has 0 atom stereocenters. The van der Waals surface area contributed by atoms with E-state index in [1.54, 1.807) is 4.90 Å². The molecule has 0 radical (unpaired) electrons. The van der Waals surface area contributed by atoms with Crippen LogP contribution >= 0.6 is 0 Å². The standard InChI is InChI=1S/C14H23N3O3/c1-10-13(11(2)20-16-10)4-3-7-15-14(19)17(8-9-18)12-5-6-12/h12,18H,3-9H2,1-2H3,(H,15,19). The third-order valence-corrected chi connectivity index (χ3v) is 3.65. The summed E-state index contributed by atoms with van der Waals surface area (Å²) in [6.07, 6.45) is 3.80. The van der Waals surface area contributed by atoms with Gasteiger partial charge in [0.2, 0.25) is 0 Å². The number of hydrogen-bond donors (Lipinski definition) is 2. The molecule has 0 unspecified atom stereocenters. The van der Waals surface area contributed by atoms with Crippen LogP contribution in [0.25, 0.3) is 0 Å². The van der Waals surface area contributed by atoms with Crippen LogP contribution in [-0.2, 0) is 6.42 Å². The molecular weight excluding hydrogens is 258 g/mol. The summed E-state index contributed by atoms with van der Waals surface area (Å²) in [5, 5.41) is 15.8. The Hall–Kier alpha value is -1.56. The Morgan fingerprint density at radius 3 is 2.80 bits per heavy atom. The molecule has 0 spiro atoms. The zero-order valence-corrected chi connectivity index (χ0v) is 12.2. The fourth-order valence-electron chi connectivity index (χ4n) is 2.36. The highest BCUT2D eigenvalue weighted by Crippen LogP contribution is 2.26. The maximum atomic E-state index is 12.0. The van der Waals surface area contributed by atoms with Crippen molar-refractivity contribution >= 4 is 6.03 Å². The lowest BCUT2D eigenvalue weighted by atomic mass is 10.1. The largest absolute Gasteiger partial charge is 0.395 e. The SMILES string of the molecule is Cc1noc(C)c1CCCNC(=O)N(CCO)C1CC1. The van der Waals surface area contributed by atoms with E-state index in [1.165, 1.54) is 0 Å². The summed E-state index contributed by atoms with van der Waals surface area (Å²) in [4.78, 5) is 13.7. The van der Waals surface area contributed by atoms with Gasteiger partial charge in [-0.25, -0.2) is 4.79 Å². The second kappa shape index (κ2) is 6.74. The lowest BCUT2D eigenvalue weighted by Crippen LogP contribution is -2.43. The molecule has 1 aliphatic rings. The number of aliphatic hydroxyl groups excluding tert-OH is 1. The summed E-state index contributed by atoms with van der Waals surface area (Å²) in [6.45, 7) is 4.89. The number of carbonyl (C=O) groups excluding carboxylic acids is 1. The number of urea groups is 1. The van der Waals surface area contributed by atoms with E-state index in [1.807, 2.05) is 13.8 Å². The van der Waals surface area contributed by atoms with Gasteiger partial charge in [-0.3, -0.25) is 0 Å². The molecular formula is C14H23N3O3. The van der Waals surface area contributed by atoms with Crippen LogP contribution in [0.1, 0.15) is 36.3 Å². The van der Waals surface area contributed by atoms with Crippen molar-refractivity contribution in [2.75, 3.05) is 19.7 Å². The minimum atomic E-state index is -0.0692. The quantitative estimate of drug-likeness (QED) is 0.740. The molecule has 1 heterocycles. The molecule has 1 fully saturated rings. The lowest BCUT2D eigenvalue weighted by Gasteiger charge is -2.21. The van der Waals surface area contributed by atoms with Crippen LogP contribution < -0.4 is 5.32 Å². The predicted octanol–water partition coefficient (Wildman–Crippen LogP) is 1.39. The molecule has 2 amide bonds. The van der Waals surface area contributed by atoms with Crippen LogP contribution in [0.3, 0.4) is 0 Å². The molecule has 6 nitrogen and oxygen atoms in total. The van der Waals surface area contributed by atoms with Crippen LogP contribution in [0.15, 0.2) is 4.52 Å². The highest BCUT2D eigenvalue weighted by Gasteiger charge is 2.31. The fourth-order valence-corrected chi connectivity index (χ4v) is 2.36. The number of hydrogen-bond acceptors (Lipinski definition) is 4. The molecule has 20 heavy (non-hydrogen) atoms. The van der Waals surface area contributed by atoms with E-state index >= 15 is 0 Å². The molecule has 2 rings (SSSR count). The second-order valence-corrected chi connectivity index (χ2v) is 5.29. The summed E-state index contributed by atoms with van der Waals surface area (Å²) in [5.41, 5.74) is 2.06. The molecule has 1 aliphatic carbocycles. The first-order valence-corrected chi connectivity index (χ1v) is 7.20. The Bertz CT molecular complexity index is 435. The molecule has 0 aliphatic heterocycles. The van der Waals surface area contributed by atoms with Crippen molar-refractivity contribution in [2.24, 2.45) is 0 Å². The minimum Gasteiger partial charge on any atom is -0.395 e. The van der Waals surface area contributed by atoms with E-state index in [4.69, 9.17) is 9.63 Å². The summed E-state index contributed by atoms with van der Waals surface area (Å²) in [5.74, 6) is 0.855. The van der Waals surface area contributed by atoms with Gasteiger partial charge in [-0.2, -0.15) is 0 Å². The number of aliphatic hydroxyl groups is 1. The van der Waals surface area contributed by atoms with Crippen molar-refractivity contribution in [3.05, 3.63) is 17.0 Å². The molecule has 1 aromatic heterocycles. The van der Waals surface area contributed by atoms with Gasteiger partial charge in [-0.1, -0.05) is 5.16 Å². The maximum absolute atomic E-state index is 12.0. The van der Waals surface area contributed by atoms with Crippen molar-refractivity contribution < 1.29 is 14.4 Å². The van der Waals surface area contributed by atoms with Gasteiger partial charge in [0.1, 0.15) is 5.76 Å². The summed E-state index contributed by atoms with van der Waals surface area (Å²) in [7, 11) is 0. The Kier molecular flexibility index (Phi) is 5.00. The third kappa shape index (κ3) is 3.72. The number of aryl methyl sites for hydroxylation is 2. The molecule has 0 saturated heterocycles. The van der Waals surface area contributed by atoms with Crippen LogP contribution in [-0.4, -0.2) is 46.9 Å². The van der Waals surface area contributed by atoms with E-state index in [0.717, 1.165) is 42.7 Å². The van der Waals surface area contributed by atoms with E-state index < -0.39 is 0 Å². The van der Waals surface area contributed by atoms with Gasteiger partial charge in [0, 0.05) is 24.7 Å². The Morgan fingerprint density at radius 2 is 2.25 bits per heavy atom. The van der Waals surface area contributed by atoms with Crippen LogP contribution in [0.4, 0.5) is 4.79 Å². The molecule has 1 aromatic rings. The van der Waals surface area contributed by atoms with Crippen LogP contribution in [0.5, 0.6) is 0 Å². The Labute approximate surface area is 119 Å². The summed E-state index contributed by atoms with van der Waals surface area (Å²) < 4.78 is 5.11. The number of carbonyl (C=O) groups is 1.